The Bertz CT molecular complexity index is 1390. The van der Waals surface area contributed by atoms with Crippen LogP contribution >= 0.6 is 11.6 Å². The molecule has 0 fully saturated rings. The Morgan fingerprint density at radius 1 is 1.14 bits per heavy atom. The number of benzene rings is 2. The van der Waals surface area contributed by atoms with Crippen molar-refractivity contribution in [3.8, 4) is 22.9 Å². The Kier molecular flexibility index (Phi) is 9.20. The molecule has 7 nitrogen and oxygen atoms in total. The summed E-state index contributed by atoms with van der Waals surface area (Å²) in [5, 5.41) is 9.87. The second kappa shape index (κ2) is 12.3. The van der Waals surface area contributed by atoms with Crippen LogP contribution in [0.4, 0.5) is 4.39 Å². The van der Waals surface area contributed by atoms with Gasteiger partial charge >= 0.3 is 5.97 Å². The first-order valence-electron chi connectivity index (χ1n) is 11.6. The van der Waals surface area contributed by atoms with Gasteiger partial charge in [0.25, 0.3) is 5.56 Å². The Balaban J connectivity index is 1.99. The van der Waals surface area contributed by atoms with Crippen LogP contribution in [-0.2, 0) is 16.0 Å². The average molecular weight is 525 g/mol. The van der Waals surface area contributed by atoms with Crippen LogP contribution in [-0.4, -0.2) is 36.2 Å². The van der Waals surface area contributed by atoms with E-state index in [1.165, 1.54) is 32.4 Å². The van der Waals surface area contributed by atoms with Crippen molar-refractivity contribution in [3.05, 3.63) is 86.8 Å². The summed E-state index contributed by atoms with van der Waals surface area (Å²) in [6.45, 7) is 3.27. The van der Waals surface area contributed by atoms with Crippen molar-refractivity contribution in [1.29, 1.82) is 5.26 Å². The Morgan fingerprint density at radius 2 is 1.84 bits per heavy atom. The van der Waals surface area contributed by atoms with Crippen LogP contribution in [0.3, 0.4) is 0 Å². The van der Waals surface area contributed by atoms with E-state index < -0.39 is 23.7 Å². The lowest BCUT2D eigenvalue weighted by molar-refractivity contribution is -0.122. The number of ether oxygens (including phenoxy) is 2. The lowest BCUT2D eigenvalue weighted by Crippen LogP contribution is -2.32. The number of esters is 1. The Hall–Kier alpha value is -3.96. The van der Waals surface area contributed by atoms with Gasteiger partial charge in [0.1, 0.15) is 5.75 Å². The highest BCUT2D eigenvalue weighted by atomic mass is 35.5. The first kappa shape index (κ1) is 27.6. The van der Waals surface area contributed by atoms with Gasteiger partial charge in [-0.05, 0) is 49.7 Å². The third-order valence-electron chi connectivity index (χ3n) is 5.76. The van der Waals surface area contributed by atoms with Gasteiger partial charge in [0.05, 0.1) is 49.3 Å². The molecule has 0 N–H and O–H groups in total. The molecule has 37 heavy (non-hydrogen) atoms. The van der Waals surface area contributed by atoms with E-state index in [2.05, 4.69) is 6.07 Å². The molecule has 0 aliphatic heterocycles. The standard InChI is InChI=1S/C28H26ClFN2O5/c1-4-37-28(35)19-7-5-18(6-8-19)12-25(33)24(11-17(2)30)32-16-26(36-3)23(14-27(32)34)22-13-21(29)10-9-20(22)15-31/h5-10,13-14,16-17,24H,4,11-12H2,1-3H3. The molecule has 0 amide bonds. The fraction of sp³-hybridized carbons (Fsp3) is 0.286. The molecule has 0 spiro atoms. The number of alkyl halides is 1. The summed E-state index contributed by atoms with van der Waals surface area (Å²) in [7, 11) is 1.39. The smallest absolute Gasteiger partial charge is 0.338 e. The molecular weight excluding hydrogens is 499 g/mol. The third-order valence-corrected chi connectivity index (χ3v) is 5.99. The molecule has 3 aromatic rings. The van der Waals surface area contributed by atoms with Gasteiger partial charge in [-0.1, -0.05) is 23.7 Å². The number of nitrogens with zero attached hydrogens (tertiary/aromatic N) is 2. The number of rotatable bonds is 10. The normalized spacial score (nSPS) is 12.3. The fourth-order valence-corrected chi connectivity index (χ4v) is 4.15. The minimum Gasteiger partial charge on any atom is -0.495 e. The van der Waals surface area contributed by atoms with Crippen molar-refractivity contribution >= 4 is 23.4 Å². The number of carbonyl (C=O) groups is 2. The van der Waals surface area contributed by atoms with Gasteiger partial charge in [-0.3, -0.25) is 9.59 Å². The van der Waals surface area contributed by atoms with Gasteiger partial charge in [0, 0.05) is 35.1 Å². The SMILES string of the molecule is CCOC(=O)c1ccc(CC(=O)C(CC(C)F)n2cc(OC)c(-c3cc(Cl)ccc3C#N)cc2=O)cc1. The average Bonchev–Trinajstić information content (AvgIpc) is 2.87. The number of aromatic nitrogens is 1. The van der Waals surface area contributed by atoms with E-state index in [1.54, 1.807) is 43.3 Å². The van der Waals surface area contributed by atoms with Crippen LogP contribution in [0.2, 0.25) is 5.02 Å². The zero-order valence-electron chi connectivity index (χ0n) is 20.7. The molecule has 3 rings (SSSR count). The summed E-state index contributed by atoms with van der Waals surface area (Å²) in [5.41, 5.74) is 1.41. The molecule has 0 saturated carbocycles. The summed E-state index contributed by atoms with van der Waals surface area (Å²) in [6.07, 6.45) is -0.308. The fourth-order valence-electron chi connectivity index (χ4n) is 3.98. The third kappa shape index (κ3) is 6.63. The summed E-state index contributed by atoms with van der Waals surface area (Å²) in [6, 6.07) is 13.2. The summed E-state index contributed by atoms with van der Waals surface area (Å²) in [4.78, 5) is 38.4. The van der Waals surface area contributed by atoms with E-state index in [0.717, 1.165) is 4.57 Å². The maximum absolute atomic E-state index is 14.2. The molecule has 0 saturated heterocycles. The number of hydrogen-bond acceptors (Lipinski definition) is 6. The summed E-state index contributed by atoms with van der Waals surface area (Å²) >= 11 is 6.11. The summed E-state index contributed by atoms with van der Waals surface area (Å²) < 4.78 is 25.8. The van der Waals surface area contributed by atoms with Gasteiger partial charge in [-0.2, -0.15) is 5.26 Å². The predicted octanol–water partition coefficient (Wildman–Crippen LogP) is 5.33. The van der Waals surface area contributed by atoms with Crippen molar-refractivity contribution < 1.29 is 23.5 Å². The van der Waals surface area contributed by atoms with Crippen molar-refractivity contribution in [2.75, 3.05) is 13.7 Å². The topological polar surface area (TPSA) is 98.4 Å². The number of Topliss-reactive ketones (excluding diaryl/α,β-unsaturated/α-hetero) is 1. The lowest BCUT2D eigenvalue weighted by atomic mass is 9.97. The first-order chi connectivity index (χ1) is 17.7. The van der Waals surface area contributed by atoms with E-state index in [9.17, 15) is 24.0 Å². The molecule has 2 aromatic carbocycles. The maximum Gasteiger partial charge on any atom is 0.338 e. The molecule has 0 radical (unpaired) electrons. The zero-order chi connectivity index (χ0) is 27.1. The largest absolute Gasteiger partial charge is 0.495 e. The highest BCUT2D eigenvalue weighted by molar-refractivity contribution is 6.31. The minimum atomic E-state index is -1.36. The quantitative estimate of drug-likeness (QED) is 0.333. The number of ketones is 1. The van der Waals surface area contributed by atoms with Crippen molar-refractivity contribution in [1.82, 2.24) is 4.57 Å². The van der Waals surface area contributed by atoms with Gasteiger partial charge in [-0.25, -0.2) is 9.18 Å². The molecule has 0 aliphatic rings. The van der Waals surface area contributed by atoms with Crippen molar-refractivity contribution in [3.63, 3.8) is 0 Å². The molecule has 1 aromatic heterocycles. The van der Waals surface area contributed by atoms with Crippen LogP contribution in [0.5, 0.6) is 5.75 Å². The highest BCUT2D eigenvalue weighted by Crippen LogP contribution is 2.34. The molecule has 9 heteroatoms. The van der Waals surface area contributed by atoms with Gasteiger partial charge < -0.3 is 14.0 Å². The molecule has 0 bridgehead atoms. The van der Waals surface area contributed by atoms with Crippen LogP contribution < -0.4 is 10.3 Å². The van der Waals surface area contributed by atoms with Gasteiger partial charge in [0.2, 0.25) is 0 Å². The number of hydrogen-bond donors (Lipinski definition) is 0. The number of pyridine rings is 1. The number of carbonyl (C=O) groups excluding carboxylic acids is 2. The molecule has 192 valence electrons. The molecular formula is C28H26ClFN2O5. The first-order valence-corrected chi connectivity index (χ1v) is 12.0. The maximum atomic E-state index is 14.2. The van der Waals surface area contributed by atoms with Crippen LogP contribution in [0.15, 0.2) is 59.5 Å². The molecule has 2 atom stereocenters. The van der Waals surface area contributed by atoms with Crippen LogP contribution in [0.25, 0.3) is 11.1 Å². The second-order valence-corrected chi connectivity index (χ2v) is 8.83. The predicted molar refractivity (Wildman–Crippen MR) is 138 cm³/mol. The van der Waals surface area contributed by atoms with Gasteiger partial charge in [0.15, 0.2) is 5.78 Å². The number of methoxy groups -OCH3 is 1. The van der Waals surface area contributed by atoms with Crippen LogP contribution in [0.1, 0.15) is 47.8 Å². The minimum absolute atomic E-state index is 0.0795. The zero-order valence-corrected chi connectivity index (χ0v) is 21.4. The highest BCUT2D eigenvalue weighted by Gasteiger charge is 2.26. The second-order valence-electron chi connectivity index (χ2n) is 8.40. The van der Waals surface area contributed by atoms with Crippen molar-refractivity contribution in [2.24, 2.45) is 0 Å². The lowest BCUT2D eigenvalue weighted by Gasteiger charge is -2.21. The van der Waals surface area contributed by atoms with Crippen molar-refractivity contribution in [2.45, 2.75) is 38.9 Å². The summed E-state index contributed by atoms with van der Waals surface area (Å²) in [5.74, 6) is -0.630. The monoisotopic (exact) mass is 524 g/mol. The number of halogens is 2. The molecule has 2 unspecified atom stereocenters. The Morgan fingerprint density at radius 3 is 2.43 bits per heavy atom. The molecule has 1 heterocycles. The van der Waals surface area contributed by atoms with E-state index in [0.29, 0.717) is 27.3 Å². The van der Waals surface area contributed by atoms with E-state index in [4.69, 9.17) is 21.1 Å². The van der Waals surface area contributed by atoms with Gasteiger partial charge in [-0.15, -0.1) is 0 Å². The Labute approximate surface area is 219 Å². The molecule has 0 aliphatic carbocycles. The van der Waals surface area contributed by atoms with E-state index in [-0.39, 0.29) is 36.5 Å². The van der Waals surface area contributed by atoms with E-state index >= 15 is 0 Å². The van der Waals surface area contributed by atoms with Crippen LogP contribution in [0, 0.1) is 11.3 Å². The van der Waals surface area contributed by atoms with E-state index in [1.807, 2.05) is 0 Å². The number of nitriles is 1.